The van der Waals surface area contributed by atoms with Crippen LogP contribution in [0.1, 0.15) is 13.8 Å². The number of rotatable bonds is 1. The fraction of sp³-hybridized carbons (Fsp3) is 0.667. The fourth-order valence-electron chi connectivity index (χ4n) is 0.835. The topological polar surface area (TPSA) is 56.7 Å². The summed E-state index contributed by atoms with van der Waals surface area (Å²) in [5, 5.41) is 1.62. The van der Waals surface area contributed by atoms with Gasteiger partial charge < -0.3 is 0 Å². The van der Waals surface area contributed by atoms with Gasteiger partial charge in [0.25, 0.3) is 5.91 Å². The molecule has 1 aliphatic heterocycles. The molecule has 2 N–H and O–H groups in total. The van der Waals surface area contributed by atoms with E-state index in [1.54, 1.807) is 12.1 Å². The molecule has 0 aliphatic carbocycles. The molecule has 0 radical (unpaired) electrons. The van der Waals surface area contributed by atoms with Crippen molar-refractivity contribution in [3.63, 3.8) is 0 Å². The Morgan fingerprint density at radius 3 is 2.64 bits per heavy atom. The molecule has 0 bridgehead atoms. The van der Waals surface area contributed by atoms with Crippen molar-refractivity contribution in [2.24, 2.45) is 4.99 Å². The van der Waals surface area contributed by atoms with Crippen LogP contribution in [-0.2, 0) is 4.79 Å². The van der Waals surface area contributed by atoms with Crippen molar-refractivity contribution in [2.75, 3.05) is 7.05 Å². The summed E-state index contributed by atoms with van der Waals surface area (Å²) in [7, 11) is 1.76. The molecule has 1 unspecified atom stereocenters. The second kappa shape index (κ2) is 2.98. The van der Waals surface area contributed by atoms with Gasteiger partial charge in [-0.2, -0.15) is 10.5 Å². The monoisotopic (exact) mass is 156 g/mol. The largest absolute Gasteiger partial charge is 0.276 e. The standard InChI is InChI=1S/C6H12N4O/c1-4(2)7-5-6(11)8-9-10(5)3/h5,9H,1-3H3,(H,8,11). The van der Waals surface area contributed by atoms with Crippen LogP contribution in [0.2, 0.25) is 0 Å². The molecular weight excluding hydrogens is 144 g/mol. The summed E-state index contributed by atoms with van der Waals surface area (Å²) in [4.78, 5) is 15.1. The highest BCUT2D eigenvalue weighted by Gasteiger charge is 2.28. The molecule has 5 nitrogen and oxygen atoms in total. The minimum atomic E-state index is -0.417. The molecule has 1 heterocycles. The first-order chi connectivity index (χ1) is 5.11. The zero-order valence-corrected chi connectivity index (χ0v) is 6.88. The van der Waals surface area contributed by atoms with Crippen LogP contribution in [0.5, 0.6) is 0 Å². The summed E-state index contributed by atoms with van der Waals surface area (Å²) in [6, 6.07) is 0. The van der Waals surface area contributed by atoms with Gasteiger partial charge in [0.15, 0.2) is 6.17 Å². The maximum atomic E-state index is 11.0. The molecule has 0 saturated carbocycles. The number of hydrazine groups is 2. The van der Waals surface area contributed by atoms with Gasteiger partial charge in [0.2, 0.25) is 0 Å². The molecule has 5 heteroatoms. The smallest absolute Gasteiger partial charge is 0.275 e. The summed E-state index contributed by atoms with van der Waals surface area (Å²) in [5.41, 5.74) is 6.00. The maximum absolute atomic E-state index is 11.0. The molecule has 0 spiro atoms. The van der Waals surface area contributed by atoms with Gasteiger partial charge in [-0.3, -0.25) is 15.2 Å². The number of carbonyl (C=O) groups is 1. The van der Waals surface area contributed by atoms with Crippen LogP contribution in [0, 0.1) is 0 Å². The quantitative estimate of drug-likeness (QED) is 0.492. The molecule has 1 fully saturated rings. The Hall–Kier alpha value is -0.940. The summed E-state index contributed by atoms with van der Waals surface area (Å²) >= 11 is 0. The number of hydrogen-bond donors (Lipinski definition) is 2. The number of hydrogen-bond acceptors (Lipinski definition) is 4. The van der Waals surface area contributed by atoms with Crippen LogP contribution in [0.3, 0.4) is 0 Å². The van der Waals surface area contributed by atoms with Crippen molar-refractivity contribution in [1.29, 1.82) is 0 Å². The van der Waals surface area contributed by atoms with Gasteiger partial charge >= 0.3 is 0 Å². The van der Waals surface area contributed by atoms with Crippen LogP contribution in [0.25, 0.3) is 0 Å². The second-order valence-electron chi connectivity index (χ2n) is 2.66. The lowest BCUT2D eigenvalue weighted by atomic mass is 10.4. The number of aliphatic imine (C=N–C) groups is 1. The SMILES string of the molecule is CC(C)=NC1C(=O)NNN1C. The number of likely N-dealkylation sites (N-methyl/N-ethyl adjacent to an activating group) is 1. The van der Waals surface area contributed by atoms with Crippen molar-refractivity contribution < 1.29 is 4.79 Å². The van der Waals surface area contributed by atoms with Gasteiger partial charge in [0.05, 0.1) is 0 Å². The molecule has 0 aromatic rings. The third-order valence-electron chi connectivity index (χ3n) is 1.34. The van der Waals surface area contributed by atoms with Gasteiger partial charge in [-0.25, -0.2) is 0 Å². The van der Waals surface area contributed by atoms with Crippen LogP contribution in [-0.4, -0.2) is 29.8 Å². The first kappa shape index (κ1) is 8.16. The van der Waals surface area contributed by atoms with Crippen molar-refractivity contribution >= 4 is 11.6 Å². The normalized spacial score (nSPS) is 25.0. The van der Waals surface area contributed by atoms with Crippen LogP contribution in [0.4, 0.5) is 0 Å². The van der Waals surface area contributed by atoms with Gasteiger partial charge in [-0.1, -0.05) is 0 Å². The Morgan fingerprint density at radius 1 is 1.64 bits per heavy atom. The molecule has 11 heavy (non-hydrogen) atoms. The van der Waals surface area contributed by atoms with E-state index >= 15 is 0 Å². The molecule has 1 amide bonds. The van der Waals surface area contributed by atoms with Gasteiger partial charge in [0.1, 0.15) is 0 Å². The Balaban J connectivity index is 2.69. The molecule has 1 aliphatic rings. The molecule has 1 saturated heterocycles. The zero-order valence-electron chi connectivity index (χ0n) is 6.88. The Bertz CT molecular complexity index is 197. The van der Waals surface area contributed by atoms with Crippen molar-refractivity contribution in [3.8, 4) is 0 Å². The number of nitrogens with zero attached hydrogens (tertiary/aromatic N) is 2. The first-order valence-corrected chi connectivity index (χ1v) is 3.40. The summed E-state index contributed by atoms with van der Waals surface area (Å²) in [6.07, 6.45) is -0.417. The van der Waals surface area contributed by atoms with E-state index in [1.807, 2.05) is 13.8 Å². The van der Waals surface area contributed by atoms with Crippen molar-refractivity contribution in [1.82, 2.24) is 16.0 Å². The summed E-state index contributed by atoms with van der Waals surface area (Å²) in [5.74, 6) is -0.117. The van der Waals surface area contributed by atoms with Gasteiger partial charge in [0, 0.05) is 12.8 Å². The highest BCUT2D eigenvalue weighted by atomic mass is 16.2. The molecule has 0 aromatic heterocycles. The van der Waals surface area contributed by atoms with Crippen LogP contribution < -0.4 is 11.0 Å². The van der Waals surface area contributed by atoms with Crippen molar-refractivity contribution in [3.05, 3.63) is 0 Å². The number of nitrogens with one attached hydrogen (secondary N) is 2. The molecule has 1 atom stereocenters. The average molecular weight is 156 g/mol. The average Bonchev–Trinajstić information content (AvgIpc) is 2.18. The predicted molar refractivity (Wildman–Crippen MR) is 41.6 cm³/mol. The van der Waals surface area contributed by atoms with E-state index in [4.69, 9.17) is 0 Å². The van der Waals surface area contributed by atoms with Crippen LogP contribution in [0.15, 0.2) is 4.99 Å². The zero-order chi connectivity index (χ0) is 8.43. The number of amides is 1. The summed E-state index contributed by atoms with van der Waals surface area (Å²) < 4.78 is 0. The van der Waals surface area contributed by atoms with E-state index in [2.05, 4.69) is 16.0 Å². The van der Waals surface area contributed by atoms with Crippen LogP contribution >= 0.6 is 0 Å². The molecule has 0 aromatic carbocycles. The van der Waals surface area contributed by atoms with E-state index in [-0.39, 0.29) is 5.91 Å². The molecule has 1 rings (SSSR count). The maximum Gasteiger partial charge on any atom is 0.276 e. The highest BCUT2D eigenvalue weighted by Crippen LogP contribution is 2.00. The third kappa shape index (κ3) is 1.75. The van der Waals surface area contributed by atoms with E-state index in [0.717, 1.165) is 5.71 Å². The highest BCUT2D eigenvalue weighted by molar-refractivity contribution is 5.87. The Labute approximate surface area is 65.4 Å². The first-order valence-electron chi connectivity index (χ1n) is 3.40. The van der Waals surface area contributed by atoms with E-state index in [9.17, 15) is 4.79 Å². The Kier molecular flexibility index (Phi) is 2.21. The second-order valence-corrected chi connectivity index (χ2v) is 2.66. The van der Waals surface area contributed by atoms with Gasteiger partial charge in [-0.15, -0.1) is 0 Å². The summed E-state index contributed by atoms with van der Waals surface area (Å²) in [6.45, 7) is 3.72. The lowest BCUT2D eigenvalue weighted by Crippen LogP contribution is -2.35. The van der Waals surface area contributed by atoms with E-state index in [0.29, 0.717) is 0 Å². The van der Waals surface area contributed by atoms with E-state index < -0.39 is 6.17 Å². The minimum absolute atomic E-state index is 0.117. The third-order valence-corrected chi connectivity index (χ3v) is 1.34. The Morgan fingerprint density at radius 2 is 2.27 bits per heavy atom. The van der Waals surface area contributed by atoms with E-state index in [1.165, 1.54) is 0 Å². The fourth-order valence-corrected chi connectivity index (χ4v) is 0.835. The lowest BCUT2D eigenvalue weighted by Gasteiger charge is -2.10. The minimum Gasteiger partial charge on any atom is -0.275 e. The molecular formula is C6H12N4O. The molecule has 62 valence electrons. The van der Waals surface area contributed by atoms with Crippen molar-refractivity contribution in [2.45, 2.75) is 20.0 Å². The number of carbonyl (C=O) groups excluding carboxylic acids is 1. The van der Waals surface area contributed by atoms with Gasteiger partial charge in [-0.05, 0) is 13.8 Å². The predicted octanol–water partition coefficient (Wildman–Crippen LogP) is -0.725. The lowest BCUT2D eigenvalue weighted by molar-refractivity contribution is -0.121.